The van der Waals surface area contributed by atoms with Crippen LogP contribution in [0.25, 0.3) is 0 Å². The third-order valence-corrected chi connectivity index (χ3v) is 2.35. The third-order valence-electron chi connectivity index (χ3n) is 1.64. The number of nitrogens with zero attached hydrogens (tertiary/aromatic N) is 1. The molecule has 3 nitrogen and oxygen atoms in total. The number of aryl methyl sites for hydroxylation is 1. The number of alkyl halides is 3. The summed E-state index contributed by atoms with van der Waals surface area (Å²) in [5.74, 6) is -1.27. The minimum atomic E-state index is -4.55. The van der Waals surface area contributed by atoms with Crippen LogP contribution in [0, 0.1) is 22.9 Å². The summed E-state index contributed by atoms with van der Waals surface area (Å²) in [4.78, 5) is 9.00. The monoisotopic (exact) mass is 255 g/mol. The topological polar surface area (TPSA) is 43.1 Å². The Kier molecular flexibility index (Phi) is 3.41. The first-order valence-corrected chi connectivity index (χ1v) is 4.72. The molecule has 0 bridgehead atoms. The van der Waals surface area contributed by atoms with E-state index in [4.69, 9.17) is 0 Å². The normalized spacial score (nSPS) is 11.6. The van der Waals surface area contributed by atoms with Crippen LogP contribution in [0.5, 0.6) is 0 Å². The molecule has 0 amide bonds. The largest absolute Gasteiger partial charge is 0.446 e. The molecular formula is C8H5F4NO2S. The van der Waals surface area contributed by atoms with Gasteiger partial charge in [-0.25, -0.2) is 0 Å². The van der Waals surface area contributed by atoms with Gasteiger partial charge in [-0.1, -0.05) is 0 Å². The minimum absolute atomic E-state index is 0.142. The Morgan fingerprint density at radius 1 is 1.38 bits per heavy atom. The van der Waals surface area contributed by atoms with Crippen molar-refractivity contribution in [3.63, 3.8) is 0 Å². The lowest BCUT2D eigenvalue weighted by molar-refractivity contribution is -0.388. The summed E-state index contributed by atoms with van der Waals surface area (Å²) >= 11 is -0.513. The molecule has 1 aromatic carbocycles. The summed E-state index contributed by atoms with van der Waals surface area (Å²) in [6, 6.07) is 1.43. The van der Waals surface area contributed by atoms with Gasteiger partial charge < -0.3 is 0 Å². The highest BCUT2D eigenvalue weighted by Gasteiger charge is 2.30. The lowest BCUT2D eigenvalue weighted by atomic mass is 10.2. The molecule has 0 aliphatic carbocycles. The molecule has 8 heteroatoms. The zero-order valence-corrected chi connectivity index (χ0v) is 8.66. The number of benzene rings is 1. The molecule has 0 saturated heterocycles. The van der Waals surface area contributed by atoms with E-state index in [1.54, 1.807) is 0 Å². The van der Waals surface area contributed by atoms with Crippen molar-refractivity contribution in [2.45, 2.75) is 17.3 Å². The molecule has 0 atom stereocenters. The average Bonchev–Trinajstić information content (AvgIpc) is 1.96. The van der Waals surface area contributed by atoms with Gasteiger partial charge in [-0.05, 0) is 30.8 Å². The van der Waals surface area contributed by atoms with Gasteiger partial charge in [0.05, 0.1) is 4.92 Å². The van der Waals surface area contributed by atoms with E-state index in [0.29, 0.717) is 6.07 Å². The lowest BCUT2D eigenvalue weighted by Crippen LogP contribution is -2.01. The molecule has 88 valence electrons. The van der Waals surface area contributed by atoms with Gasteiger partial charge in [0.15, 0.2) is 0 Å². The number of hydrogen-bond donors (Lipinski definition) is 0. The van der Waals surface area contributed by atoms with Crippen LogP contribution in [-0.2, 0) is 0 Å². The smallest absolute Gasteiger partial charge is 0.258 e. The number of hydrogen-bond acceptors (Lipinski definition) is 3. The van der Waals surface area contributed by atoms with Crippen LogP contribution in [0.2, 0.25) is 0 Å². The van der Waals surface area contributed by atoms with Crippen molar-refractivity contribution in [3.05, 3.63) is 33.6 Å². The Hall–Kier alpha value is -1.31. The molecule has 0 aromatic heterocycles. The highest BCUT2D eigenvalue weighted by molar-refractivity contribution is 8.00. The maximum atomic E-state index is 13.1. The fraction of sp³-hybridized carbons (Fsp3) is 0.250. The van der Waals surface area contributed by atoms with Gasteiger partial charge >= 0.3 is 11.2 Å². The summed E-state index contributed by atoms with van der Waals surface area (Å²) in [5.41, 5.74) is -5.49. The van der Waals surface area contributed by atoms with Crippen LogP contribution in [0.1, 0.15) is 5.56 Å². The Morgan fingerprint density at radius 2 is 1.94 bits per heavy atom. The summed E-state index contributed by atoms with van der Waals surface area (Å²) in [5, 5.41) is 10.4. The quantitative estimate of drug-likeness (QED) is 0.350. The Balaban J connectivity index is 3.15. The van der Waals surface area contributed by atoms with Crippen molar-refractivity contribution in [2.24, 2.45) is 0 Å². The SMILES string of the molecule is Cc1cc(SC(F)(F)F)cc(F)c1[N+](=O)[O-]. The van der Waals surface area contributed by atoms with Crippen LogP contribution in [0.3, 0.4) is 0 Å². The van der Waals surface area contributed by atoms with Crippen molar-refractivity contribution < 1.29 is 22.5 Å². The molecule has 0 aliphatic heterocycles. The maximum absolute atomic E-state index is 13.1. The molecule has 0 fully saturated rings. The van der Waals surface area contributed by atoms with Gasteiger partial charge in [-0.15, -0.1) is 0 Å². The first kappa shape index (κ1) is 12.8. The Labute approximate surface area is 91.6 Å². The molecule has 0 heterocycles. The molecule has 1 aromatic rings. The van der Waals surface area contributed by atoms with Gasteiger partial charge in [-0.2, -0.15) is 17.6 Å². The van der Waals surface area contributed by atoms with Crippen molar-refractivity contribution in [3.8, 4) is 0 Å². The van der Waals surface area contributed by atoms with E-state index in [0.717, 1.165) is 6.07 Å². The van der Waals surface area contributed by atoms with Crippen molar-refractivity contribution in [1.82, 2.24) is 0 Å². The number of rotatable bonds is 2. The van der Waals surface area contributed by atoms with E-state index in [1.165, 1.54) is 6.92 Å². The number of nitro benzene ring substituents is 1. The van der Waals surface area contributed by atoms with Gasteiger partial charge in [0.1, 0.15) is 0 Å². The van der Waals surface area contributed by atoms with Crippen molar-refractivity contribution >= 4 is 17.4 Å². The van der Waals surface area contributed by atoms with Crippen LogP contribution in [0.15, 0.2) is 17.0 Å². The van der Waals surface area contributed by atoms with E-state index >= 15 is 0 Å². The second kappa shape index (κ2) is 4.28. The molecule has 0 unspecified atom stereocenters. The minimum Gasteiger partial charge on any atom is -0.258 e. The zero-order valence-electron chi connectivity index (χ0n) is 7.84. The fourth-order valence-corrected chi connectivity index (χ4v) is 1.79. The average molecular weight is 255 g/mol. The highest BCUT2D eigenvalue weighted by atomic mass is 32.2. The van der Waals surface area contributed by atoms with Gasteiger partial charge in [0.25, 0.3) is 0 Å². The first-order valence-electron chi connectivity index (χ1n) is 3.91. The van der Waals surface area contributed by atoms with Crippen LogP contribution in [0.4, 0.5) is 23.2 Å². The predicted molar refractivity (Wildman–Crippen MR) is 49.7 cm³/mol. The number of thioether (sulfide) groups is 1. The fourth-order valence-electron chi connectivity index (χ4n) is 1.13. The summed E-state index contributed by atoms with van der Waals surface area (Å²) < 4.78 is 49.0. The van der Waals surface area contributed by atoms with E-state index in [2.05, 4.69) is 0 Å². The van der Waals surface area contributed by atoms with E-state index in [9.17, 15) is 27.7 Å². The summed E-state index contributed by atoms with van der Waals surface area (Å²) in [6.45, 7) is 1.18. The van der Waals surface area contributed by atoms with Gasteiger partial charge in [0, 0.05) is 10.5 Å². The van der Waals surface area contributed by atoms with E-state index in [1.807, 2.05) is 0 Å². The third kappa shape index (κ3) is 3.09. The van der Waals surface area contributed by atoms with E-state index < -0.39 is 38.6 Å². The van der Waals surface area contributed by atoms with Crippen molar-refractivity contribution in [1.29, 1.82) is 0 Å². The number of halogens is 4. The second-order valence-electron chi connectivity index (χ2n) is 2.88. The molecule has 0 saturated carbocycles. The highest BCUT2D eigenvalue weighted by Crippen LogP contribution is 2.39. The first-order chi connectivity index (χ1) is 7.20. The maximum Gasteiger partial charge on any atom is 0.446 e. The summed E-state index contributed by atoms with van der Waals surface area (Å²) in [7, 11) is 0. The molecule has 0 spiro atoms. The molecular weight excluding hydrogens is 250 g/mol. The van der Waals surface area contributed by atoms with E-state index in [-0.39, 0.29) is 5.56 Å². The standard InChI is InChI=1S/C8H5F4NO2S/c1-4-2-5(16-8(10,11)12)3-6(9)7(4)13(14)15/h2-3H,1H3. The van der Waals surface area contributed by atoms with Crippen molar-refractivity contribution in [2.75, 3.05) is 0 Å². The Morgan fingerprint density at radius 3 is 2.31 bits per heavy atom. The lowest BCUT2D eigenvalue weighted by Gasteiger charge is -2.06. The van der Waals surface area contributed by atoms with Crippen LogP contribution in [-0.4, -0.2) is 10.4 Å². The van der Waals surface area contributed by atoms with Crippen LogP contribution < -0.4 is 0 Å². The molecule has 16 heavy (non-hydrogen) atoms. The molecule has 0 aliphatic rings. The van der Waals surface area contributed by atoms with Gasteiger partial charge in [0.2, 0.25) is 5.82 Å². The van der Waals surface area contributed by atoms with Gasteiger partial charge in [-0.3, -0.25) is 10.1 Å². The molecule has 0 N–H and O–H groups in total. The zero-order chi connectivity index (χ0) is 12.5. The Bertz CT molecular complexity index is 410. The molecule has 1 rings (SSSR count). The molecule has 0 radical (unpaired) electrons. The summed E-state index contributed by atoms with van der Waals surface area (Å²) in [6.07, 6.45) is 0. The predicted octanol–water partition coefficient (Wildman–Crippen LogP) is 3.65. The number of nitro groups is 1. The van der Waals surface area contributed by atoms with Crippen LogP contribution >= 0.6 is 11.8 Å². The second-order valence-corrected chi connectivity index (χ2v) is 4.01.